The summed E-state index contributed by atoms with van der Waals surface area (Å²) >= 11 is 0. The van der Waals surface area contributed by atoms with Crippen LogP contribution < -0.4 is 0 Å². The van der Waals surface area contributed by atoms with Crippen molar-refractivity contribution in [3.8, 4) is 5.69 Å². The normalized spacial score (nSPS) is 14.3. The lowest BCUT2D eigenvalue weighted by atomic mass is 10.0. The molecule has 0 saturated heterocycles. The van der Waals surface area contributed by atoms with Crippen LogP contribution in [0.15, 0.2) is 24.5 Å². The van der Waals surface area contributed by atoms with Crippen molar-refractivity contribution in [3.63, 3.8) is 0 Å². The average Bonchev–Trinajstić information content (AvgIpc) is 2.81. The lowest BCUT2D eigenvalue weighted by molar-refractivity contribution is 0.112. The Balaban J connectivity index is 2.12. The van der Waals surface area contributed by atoms with E-state index in [1.807, 2.05) is 4.57 Å². The molecule has 1 aliphatic rings. The minimum absolute atomic E-state index is 0.350. The molecule has 1 heterocycles. The fraction of sp³-hybridized carbons (Fsp3) is 0.286. The number of aromatic nitrogens is 2. The maximum atomic E-state index is 13.4. The molecular weight excluding hydrogens is 231 g/mol. The molecule has 4 heteroatoms. The van der Waals surface area contributed by atoms with Crippen molar-refractivity contribution in [1.29, 1.82) is 0 Å². The molecule has 2 aromatic rings. The van der Waals surface area contributed by atoms with Crippen LogP contribution in [0.25, 0.3) is 5.69 Å². The summed E-state index contributed by atoms with van der Waals surface area (Å²) in [5, 5.41) is 0. The zero-order valence-corrected chi connectivity index (χ0v) is 9.90. The van der Waals surface area contributed by atoms with Crippen LogP contribution in [0.2, 0.25) is 0 Å². The van der Waals surface area contributed by atoms with Crippen molar-refractivity contribution < 1.29 is 9.18 Å². The second-order valence-corrected chi connectivity index (χ2v) is 4.58. The molecule has 18 heavy (non-hydrogen) atoms. The maximum absolute atomic E-state index is 13.4. The van der Waals surface area contributed by atoms with Crippen molar-refractivity contribution in [2.45, 2.75) is 25.7 Å². The van der Waals surface area contributed by atoms with E-state index in [2.05, 4.69) is 4.98 Å². The molecule has 92 valence electrons. The largest absolute Gasteiger partial charge is 0.303 e. The second kappa shape index (κ2) is 4.37. The Hall–Kier alpha value is -1.97. The summed E-state index contributed by atoms with van der Waals surface area (Å²) in [4.78, 5) is 15.1. The third kappa shape index (κ3) is 1.83. The molecule has 0 N–H and O–H groups in total. The molecule has 0 radical (unpaired) electrons. The number of aldehydes is 1. The minimum Gasteiger partial charge on any atom is -0.303 e. The number of halogens is 1. The van der Waals surface area contributed by atoms with Gasteiger partial charge < -0.3 is 4.57 Å². The Morgan fingerprint density at radius 3 is 2.89 bits per heavy atom. The van der Waals surface area contributed by atoms with Crippen LogP contribution in [-0.4, -0.2) is 15.8 Å². The number of carbonyl (C=O) groups excluding carboxylic acids is 1. The predicted molar refractivity (Wildman–Crippen MR) is 65.6 cm³/mol. The zero-order chi connectivity index (χ0) is 12.5. The Kier molecular flexibility index (Phi) is 2.70. The van der Waals surface area contributed by atoms with E-state index in [1.54, 1.807) is 12.4 Å². The van der Waals surface area contributed by atoms with Crippen LogP contribution in [0.5, 0.6) is 0 Å². The number of carbonyl (C=O) groups is 1. The smallest absolute Gasteiger partial charge is 0.150 e. The van der Waals surface area contributed by atoms with Crippen molar-refractivity contribution in [1.82, 2.24) is 9.55 Å². The number of aryl methyl sites for hydroxylation is 1. The van der Waals surface area contributed by atoms with E-state index in [0.717, 1.165) is 37.1 Å². The molecule has 3 rings (SSSR count). The first kappa shape index (κ1) is 11.1. The number of rotatable bonds is 2. The van der Waals surface area contributed by atoms with Gasteiger partial charge in [0.05, 0.1) is 17.7 Å². The Labute approximate surface area is 104 Å². The summed E-state index contributed by atoms with van der Waals surface area (Å²) in [6, 6.07) is 4.36. The van der Waals surface area contributed by atoms with Crippen molar-refractivity contribution >= 4 is 6.29 Å². The number of nitrogens with zero attached hydrogens (tertiary/aromatic N) is 2. The highest BCUT2D eigenvalue weighted by Gasteiger charge is 2.16. The van der Waals surface area contributed by atoms with Crippen molar-refractivity contribution in [2.75, 3.05) is 0 Å². The molecule has 0 bridgehead atoms. The third-order valence-corrected chi connectivity index (χ3v) is 3.35. The third-order valence-electron chi connectivity index (χ3n) is 3.35. The molecular formula is C14H13FN2O. The number of hydrogen-bond donors (Lipinski definition) is 0. The summed E-state index contributed by atoms with van der Waals surface area (Å²) < 4.78 is 15.3. The first-order chi connectivity index (χ1) is 8.78. The number of imidazole rings is 1. The highest BCUT2D eigenvalue weighted by molar-refractivity contribution is 5.76. The fourth-order valence-corrected chi connectivity index (χ4v) is 2.50. The van der Waals surface area contributed by atoms with Gasteiger partial charge in [0.15, 0.2) is 0 Å². The van der Waals surface area contributed by atoms with Gasteiger partial charge in [-0.3, -0.25) is 4.79 Å². The van der Waals surface area contributed by atoms with Gasteiger partial charge in [0, 0.05) is 11.3 Å². The summed E-state index contributed by atoms with van der Waals surface area (Å²) in [6.45, 7) is 0. The van der Waals surface area contributed by atoms with E-state index < -0.39 is 5.82 Å². The van der Waals surface area contributed by atoms with Gasteiger partial charge in [-0.15, -0.1) is 0 Å². The molecule has 1 aliphatic carbocycles. The molecule has 0 saturated carbocycles. The monoisotopic (exact) mass is 244 g/mol. The average molecular weight is 244 g/mol. The molecule has 0 amide bonds. The highest BCUT2D eigenvalue weighted by Crippen LogP contribution is 2.23. The lowest BCUT2D eigenvalue weighted by Crippen LogP contribution is -2.07. The van der Waals surface area contributed by atoms with Crippen LogP contribution in [0.1, 0.15) is 34.6 Å². The topological polar surface area (TPSA) is 34.9 Å². The molecule has 1 aromatic carbocycles. The zero-order valence-electron chi connectivity index (χ0n) is 9.90. The summed E-state index contributed by atoms with van der Waals surface area (Å²) in [7, 11) is 0. The molecule has 0 atom stereocenters. The molecule has 0 aliphatic heterocycles. The van der Waals surface area contributed by atoms with E-state index in [9.17, 15) is 9.18 Å². The first-order valence-electron chi connectivity index (χ1n) is 6.09. The Morgan fingerprint density at radius 2 is 2.06 bits per heavy atom. The van der Waals surface area contributed by atoms with Gasteiger partial charge in [0.1, 0.15) is 12.1 Å². The summed E-state index contributed by atoms with van der Waals surface area (Å²) in [6.07, 6.45) is 6.62. The van der Waals surface area contributed by atoms with Crippen LogP contribution in [0.3, 0.4) is 0 Å². The van der Waals surface area contributed by atoms with Gasteiger partial charge in [-0.2, -0.15) is 0 Å². The number of hydrogen-bond acceptors (Lipinski definition) is 2. The van der Waals surface area contributed by atoms with Crippen LogP contribution in [0.4, 0.5) is 4.39 Å². The number of benzene rings is 1. The van der Waals surface area contributed by atoms with Gasteiger partial charge >= 0.3 is 0 Å². The standard InChI is InChI=1S/C14H13FN2O/c15-11-5-10(8-18)6-12(7-11)17-9-16-13-3-1-2-4-14(13)17/h5-9H,1-4H2. The SMILES string of the molecule is O=Cc1cc(F)cc(-n2cnc3c2CCCC3)c1. The molecule has 0 spiro atoms. The van der Waals surface area contributed by atoms with Gasteiger partial charge in [-0.1, -0.05) is 0 Å². The lowest BCUT2D eigenvalue weighted by Gasteiger charge is -2.14. The summed E-state index contributed by atoms with van der Waals surface area (Å²) in [5.74, 6) is -0.396. The van der Waals surface area contributed by atoms with E-state index in [4.69, 9.17) is 0 Å². The van der Waals surface area contributed by atoms with Crippen LogP contribution >= 0.6 is 0 Å². The minimum atomic E-state index is -0.396. The van der Waals surface area contributed by atoms with Crippen molar-refractivity contribution in [3.05, 3.63) is 47.3 Å². The predicted octanol–water partition coefficient (Wildman–Crippen LogP) is 2.70. The second-order valence-electron chi connectivity index (χ2n) is 4.58. The summed E-state index contributed by atoms with van der Waals surface area (Å²) in [5.41, 5.74) is 3.26. The van der Waals surface area contributed by atoms with E-state index in [-0.39, 0.29) is 0 Å². The van der Waals surface area contributed by atoms with E-state index in [1.165, 1.54) is 12.1 Å². The molecule has 1 aromatic heterocycles. The molecule has 0 unspecified atom stereocenters. The van der Waals surface area contributed by atoms with Crippen LogP contribution in [0, 0.1) is 5.82 Å². The van der Waals surface area contributed by atoms with Gasteiger partial charge in [-0.05, 0) is 43.9 Å². The molecule has 0 fully saturated rings. The van der Waals surface area contributed by atoms with Gasteiger partial charge in [-0.25, -0.2) is 9.37 Å². The Morgan fingerprint density at radius 1 is 1.22 bits per heavy atom. The van der Waals surface area contributed by atoms with Gasteiger partial charge in [0.25, 0.3) is 0 Å². The van der Waals surface area contributed by atoms with E-state index in [0.29, 0.717) is 17.5 Å². The van der Waals surface area contributed by atoms with Crippen LogP contribution in [-0.2, 0) is 12.8 Å². The van der Waals surface area contributed by atoms with Crippen molar-refractivity contribution in [2.24, 2.45) is 0 Å². The first-order valence-corrected chi connectivity index (χ1v) is 6.09. The molecule has 3 nitrogen and oxygen atoms in total. The highest BCUT2D eigenvalue weighted by atomic mass is 19.1. The van der Waals surface area contributed by atoms with Gasteiger partial charge in [0.2, 0.25) is 0 Å². The van der Waals surface area contributed by atoms with E-state index >= 15 is 0 Å². The maximum Gasteiger partial charge on any atom is 0.150 e. The Bertz CT molecular complexity index is 604. The quantitative estimate of drug-likeness (QED) is 0.761. The number of fused-ring (bicyclic) bond motifs is 1. The fourth-order valence-electron chi connectivity index (χ4n) is 2.50.